The molecule has 2 aliphatic rings. The Labute approximate surface area is 112 Å². The van der Waals surface area contributed by atoms with Gasteiger partial charge in [-0.05, 0) is 31.4 Å². The summed E-state index contributed by atoms with van der Waals surface area (Å²) in [5.41, 5.74) is 3.08. The third kappa shape index (κ3) is 2.62. The van der Waals surface area contributed by atoms with Gasteiger partial charge in [-0.3, -0.25) is 5.43 Å². The smallest absolute Gasteiger partial charge is 0.244 e. The molecule has 1 aromatic rings. The zero-order chi connectivity index (χ0) is 13.1. The molecule has 0 aliphatic carbocycles. The second kappa shape index (κ2) is 5.42. The van der Waals surface area contributed by atoms with Gasteiger partial charge in [-0.2, -0.15) is 5.10 Å². The van der Waals surface area contributed by atoms with Gasteiger partial charge < -0.3 is 9.32 Å². The first-order valence-electron chi connectivity index (χ1n) is 6.95. The Morgan fingerprint density at radius 2 is 2.21 bits per heavy atom. The van der Waals surface area contributed by atoms with Crippen LogP contribution in [0, 0.1) is 0 Å². The van der Waals surface area contributed by atoms with Gasteiger partial charge in [-0.15, -0.1) is 10.2 Å². The Balaban J connectivity index is 1.64. The van der Waals surface area contributed by atoms with Crippen LogP contribution in [0.2, 0.25) is 0 Å². The van der Waals surface area contributed by atoms with Crippen LogP contribution < -0.4 is 5.43 Å². The second-order valence-corrected chi connectivity index (χ2v) is 4.91. The van der Waals surface area contributed by atoms with Gasteiger partial charge in [0.05, 0.1) is 0 Å². The first kappa shape index (κ1) is 12.2. The summed E-state index contributed by atoms with van der Waals surface area (Å²) >= 11 is 0. The lowest BCUT2D eigenvalue weighted by Crippen LogP contribution is -2.31. The average molecular weight is 261 g/mol. The van der Waals surface area contributed by atoms with E-state index in [1.165, 1.54) is 12.8 Å². The van der Waals surface area contributed by atoms with E-state index in [4.69, 9.17) is 4.42 Å². The van der Waals surface area contributed by atoms with Gasteiger partial charge in [0.25, 0.3) is 0 Å². The summed E-state index contributed by atoms with van der Waals surface area (Å²) in [5.74, 6) is 2.29. The zero-order valence-corrected chi connectivity index (χ0v) is 11.2. The fourth-order valence-electron chi connectivity index (χ4n) is 2.37. The Morgan fingerprint density at radius 1 is 1.37 bits per heavy atom. The quantitative estimate of drug-likeness (QED) is 0.895. The van der Waals surface area contributed by atoms with Gasteiger partial charge in [0.1, 0.15) is 11.9 Å². The van der Waals surface area contributed by atoms with Crippen LogP contribution in [-0.4, -0.2) is 34.0 Å². The van der Waals surface area contributed by atoms with E-state index < -0.39 is 0 Å². The third-order valence-electron chi connectivity index (χ3n) is 3.40. The predicted molar refractivity (Wildman–Crippen MR) is 71.6 cm³/mol. The van der Waals surface area contributed by atoms with E-state index in [1.54, 1.807) is 0 Å². The topological polar surface area (TPSA) is 66.6 Å². The van der Waals surface area contributed by atoms with Crippen molar-refractivity contribution in [3.63, 3.8) is 0 Å². The maximum atomic E-state index is 5.61. The van der Waals surface area contributed by atoms with Gasteiger partial charge >= 0.3 is 0 Å². The summed E-state index contributed by atoms with van der Waals surface area (Å²) in [6.45, 7) is 4.28. The van der Waals surface area contributed by atoms with E-state index >= 15 is 0 Å². The fourth-order valence-corrected chi connectivity index (χ4v) is 2.37. The molecule has 6 heteroatoms. The van der Waals surface area contributed by atoms with Crippen molar-refractivity contribution in [3.05, 3.63) is 23.9 Å². The Hall–Kier alpha value is -1.85. The molecule has 6 nitrogen and oxygen atoms in total. The van der Waals surface area contributed by atoms with Crippen LogP contribution in [0.4, 0.5) is 0 Å². The van der Waals surface area contributed by atoms with Crippen LogP contribution in [0.1, 0.15) is 44.0 Å². The SMILES string of the molecule is CCCc1nnc(C2C=CC(N3CCCC3)=NN2)o1. The van der Waals surface area contributed by atoms with Crippen molar-refractivity contribution in [2.45, 2.75) is 38.6 Å². The van der Waals surface area contributed by atoms with Crippen LogP contribution in [0.25, 0.3) is 0 Å². The van der Waals surface area contributed by atoms with Crippen LogP contribution in [0.15, 0.2) is 21.7 Å². The molecule has 0 spiro atoms. The number of likely N-dealkylation sites (tertiary alicyclic amines) is 1. The standard InChI is InChI=1S/C13H19N5O/c1-2-5-12-16-17-13(19-12)10-6-7-11(15-14-10)18-8-3-4-9-18/h6-7,10,14H,2-5,8-9H2,1H3. The summed E-state index contributed by atoms with van der Waals surface area (Å²) in [7, 11) is 0. The van der Waals surface area contributed by atoms with Crippen molar-refractivity contribution in [2.75, 3.05) is 13.1 Å². The first-order valence-corrected chi connectivity index (χ1v) is 6.95. The lowest BCUT2D eigenvalue weighted by Gasteiger charge is -2.21. The summed E-state index contributed by atoms with van der Waals surface area (Å²) in [4.78, 5) is 2.29. The number of amidine groups is 1. The maximum absolute atomic E-state index is 5.61. The molecule has 1 fully saturated rings. The number of rotatable bonds is 3. The minimum absolute atomic E-state index is 0.107. The summed E-state index contributed by atoms with van der Waals surface area (Å²) < 4.78 is 5.61. The Morgan fingerprint density at radius 3 is 2.89 bits per heavy atom. The number of nitrogens with one attached hydrogen (secondary N) is 1. The second-order valence-electron chi connectivity index (χ2n) is 4.91. The lowest BCUT2D eigenvalue weighted by atomic mass is 10.2. The molecule has 1 saturated heterocycles. The molecular formula is C13H19N5O. The Bertz CT molecular complexity index is 487. The van der Waals surface area contributed by atoms with E-state index in [9.17, 15) is 0 Å². The van der Waals surface area contributed by atoms with E-state index in [0.717, 1.165) is 31.8 Å². The predicted octanol–water partition coefficient (Wildman–Crippen LogP) is 1.63. The minimum atomic E-state index is -0.107. The molecule has 19 heavy (non-hydrogen) atoms. The lowest BCUT2D eigenvalue weighted by molar-refractivity contribution is 0.407. The van der Waals surface area contributed by atoms with Crippen LogP contribution in [-0.2, 0) is 6.42 Å². The van der Waals surface area contributed by atoms with Crippen molar-refractivity contribution in [3.8, 4) is 0 Å². The highest BCUT2D eigenvalue weighted by Gasteiger charge is 2.21. The van der Waals surface area contributed by atoms with E-state index in [2.05, 4.69) is 32.5 Å². The molecule has 102 valence electrons. The van der Waals surface area contributed by atoms with E-state index in [1.807, 2.05) is 12.2 Å². The van der Waals surface area contributed by atoms with Crippen LogP contribution in [0.3, 0.4) is 0 Å². The van der Waals surface area contributed by atoms with Crippen molar-refractivity contribution in [2.24, 2.45) is 5.10 Å². The van der Waals surface area contributed by atoms with Crippen molar-refractivity contribution >= 4 is 5.84 Å². The third-order valence-corrected chi connectivity index (χ3v) is 3.40. The summed E-state index contributed by atoms with van der Waals surface area (Å²) in [5, 5.41) is 12.5. The normalized spacial score (nSPS) is 22.5. The largest absolute Gasteiger partial charge is 0.423 e. The Kier molecular flexibility index (Phi) is 3.48. The first-order chi connectivity index (χ1) is 9.36. The number of hydrazone groups is 1. The molecule has 3 rings (SSSR count). The van der Waals surface area contributed by atoms with Gasteiger partial charge in [-0.1, -0.05) is 6.92 Å². The molecule has 0 aromatic carbocycles. The van der Waals surface area contributed by atoms with E-state index in [-0.39, 0.29) is 6.04 Å². The highest BCUT2D eigenvalue weighted by molar-refractivity contribution is 5.93. The van der Waals surface area contributed by atoms with Crippen LogP contribution in [0.5, 0.6) is 0 Å². The van der Waals surface area contributed by atoms with Crippen molar-refractivity contribution < 1.29 is 4.42 Å². The highest BCUT2D eigenvalue weighted by atomic mass is 16.4. The molecule has 1 N–H and O–H groups in total. The zero-order valence-electron chi connectivity index (χ0n) is 11.2. The fraction of sp³-hybridized carbons (Fsp3) is 0.615. The van der Waals surface area contributed by atoms with Crippen molar-refractivity contribution in [1.29, 1.82) is 0 Å². The molecule has 0 radical (unpaired) electrons. The number of hydrogen-bond acceptors (Lipinski definition) is 6. The summed E-state index contributed by atoms with van der Waals surface area (Å²) in [6, 6.07) is -0.107. The number of aryl methyl sites for hydroxylation is 1. The molecule has 2 aliphatic heterocycles. The monoisotopic (exact) mass is 261 g/mol. The highest BCUT2D eigenvalue weighted by Crippen LogP contribution is 2.18. The van der Waals surface area contributed by atoms with Gasteiger partial charge in [0.15, 0.2) is 0 Å². The molecule has 0 saturated carbocycles. The number of nitrogens with zero attached hydrogens (tertiary/aromatic N) is 4. The van der Waals surface area contributed by atoms with E-state index in [0.29, 0.717) is 11.8 Å². The average Bonchev–Trinajstić information content (AvgIpc) is 3.10. The van der Waals surface area contributed by atoms with Crippen LogP contribution >= 0.6 is 0 Å². The molecule has 3 heterocycles. The molecular weight excluding hydrogens is 242 g/mol. The number of aromatic nitrogens is 2. The van der Waals surface area contributed by atoms with Gasteiger partial charge in [0, 0.05) is 19.5 Å². The molecule has 1 aromatic heterocycles. The molecule has 1 unspecified atom stereocenters. The maximum Gasteiger partial charge on any atom is 0.244 e. The molecule has 0 bridgehead atoms. The minimum Gasteiger partial charge on any atom is -0.423 e. The summed E-state index contributed by atoms with van der Waals surface area (Å²) in [6.07, 6.45) is 8.40. The van der Waals surface area contributed by atoms with Gasteiger partial charge in [-0.25, -0.2) is 0 Å². The van der Waals surface area contributed by atoms with Gasteiger partial charge in [0.2, 0.25) is 11.8 Å². The molecule has 1 atom stereocenters. The van der Waals surface area contributed by atoms with Crippen molar-refractivity contribution in [1.82, 2.24) is 20.5 Å². The number of hydrogen-bond donors (Lipinski definition) is 1. The molecule has 0 amide bonds.